The largest absolute Gasteiger partial charge is 0.479 e. The average molecular weight is 272 g/mol. The van der Waals surface area contributed by atoms with E-state index in [1.54, 1.807) is 0 Å². The van der Waals surface area contributed by atoms with Gasteiger partial charge in [-0.25, -0.2) is 0 Å². The molecule has 1 aliphatic heterocycles. The summed E-state index contributed by atoms with van der Waals surface area (Å²) in [5, 5.41) is 8.49. The van der Waals surface area contributed by atoms with Crippen LogP contribution < -0.4 is 9.64 Å². The molecule has 0 radical (unpaired) electrons. The number of ether oxygens (including phenoxy) is 1. The SMILES string of the molecule is CCCC1(CCC)CN(c2ccc(OCC#N)cc2)C1. The molecule has 0 amide bonds. The van der Waals surface area contributed by atoms with Crippen LogP contribution in [0.2, 0.25) is 0 Å². The van der Waals surface area contributed by atoms with Gasteiger partial charge in [-0.05, 0) is 37.1 Å². The van der Waals surface area contributed by atoms with Gasteiger partial charge in [0.25, 0.3) is 0 Å². The molecule has 1 aliphatic rings. The smallest absolute Gasteiger partial charge is 0.174 e. The van der Waals surface area contributed by atoms with Crippen LogP contribution >= 0.6 is 0 Å². The Morgan fingerprint density at radius 3 is 2.25 bits per heavy atom. The van der Waals surface area contributed by atoms with E-state index in [9.17, 15) is 0 Å². The summed E-state index contributed by atoms with van der Waals surface area (Å²) in [6.07, 6.45) is 5.21. The van der Waals surface area contributed by atoms with E-state index < -0.39 is 0 Å². The van der Waals surface area contributed by atoms with Crippen molar-refractivity contribution in [2.45, 2.75) is 39.5 Å². The molecule has 0 N–H and O–H groups in total. The van der Waals surface area contributed by atoms with Crippen LogP contribution in [0.1, 0.15) is 39.5 Å². The van der Waals surface area contributed by atoms with Crippen molar-refractivity contribution >= 4 is 5.69 Å². The molecule has 20 heavy (non-hydrogen) atoms. The highest BCUT2D eigenvalue weighted by Gasteiger charge is 2.41. The molecule has 1 heterocycles. The molecule has 2 rings (SSSR count). The molecule has 1 aromatic carbocycles. The van der Waals surface area contributed by atoms with E-state index in [-0.39, 0.29) is 6.61 Å². The highest BCUT2D eigenvalue weighted by atomic mass is 16.5. The fourth-order valence-corrected chi connectivity index (χ4v) is 3.32. The minimum absolute atomic E-state index is 0.110. The van der Waals surface area contributed by atoms with Crippen molar-refractivity contribution < 1.29 is 4.74 Å². The van der Waals surface area contributed by atoms with Gasteiger partial charge in [0.1, 0.15) is 11.8 Å². The third-order valence-corrected chi connectivity index (χ3v) is 4.12. The molecule has 0 spiro atoms. The maximum atomic E-state index is 8.49. The van der Waals surface area contributed by atoms with Crippen molar-refractivity contribution in [1.29, 1.82) is 5.26 Å². The minimum Gasteiger partial charge on any atom is -0.479 e. The molecule has 0 atom stereocenters. The van der Waals surface area contributed by atoms with Crippen LogP contribution in [0.15, 0.2) is 24.3 Å². The molecule has 0 bridgehead atoms. The van der Waals surface area contributed by atoms with Gasteiger partial charge in [-0.3, -0.25) is 0 Å². The first kappa shape index (κ1) is 14.7. The molecule has 108 valence electrons. The van der Waals surface area contributed by atoms with E-state index in [1.807, 2.05) is 18.2 Å². The molecule has 0 saturated carbocycles. The molecule has 0 aromatic heterocycles. The molecule has 3 heteroatoms. The Labute approximate surface area is 122 Å². The Kier molecular flexibility index (Phi) is 4.89. The number of rotatable bonds is 7. The van der Waals surface area contributed by atoms with Gasteiger partial charge in [0, 0.05) is 24.2 Å². The Hall–Kier alpha value is -1.69. The van der Waals surface area contributed by atoms with E-state index in [0.717, 1.165) is 5.75 Å². The summed E-state index contributed by atoms with van der Waals surface area (Å²) in [6, 6.07) is 10.1. The second kappa shape index (κ2) is 6.65. The lowest BCUT2D eigenvalue weighted by Gasteiger charge is -2.52. The van der Waals surface area contributed by atoms with Crippen LogP contribution in [0, 0.1) is 16.7 Å². The summed E-state index contributed by atoms with van der Waals surface area (Å²) in [4.78, 5) is 2.44. The lowest BCUT2D eigenvalue weighted by molar-refractivity contribution is 0.173. The predicted octanol–water partition coefficient (Wildman–Crippen LogP) is 4.00. The second-order valence-corrected chi connectivity index (χ2v) is 5.80. The zero-order valence-electron chi connectivity index (χ0n) is 12.6. The minimum atomic E-state index is 0.110. The summed E-state index contributed by atoms with van der Waals surface area (Å²) in [6.45, 7) is 7.02. The van der Waals surface area contributed by atoms with Crippen LogP contribution in [-0.2, 0) is 0 Å². The highest BCUT2D eigenvalue weighted by Crippen LogP contribution is 2.42. The topological polar surface area (TPSA) is 36.3 Å². The van der Waals surface area contributed by atoms with Gasteiger partial charge in [0.2, 0.25) is 0 Å². The Balaban J connectivity index is 1.93. The normalized spacial score (nSPS) is 16.4. The van der Waals surface area contributed by atoms with Gasteiger partial charge < -0.3 is 9.64 Å². The summed E-state index contributed by atoms with van der Waals surface area (Å²) < 4.78 is 5.28. The van der Waals surface area contributed by atoms with Gasteiger partial charge in [0.15, 0.2) is 6.61 Å². The third-order valence-electron chi connectivity index (χ3n) is 4.12. The van der Waals surface area contributed by atoms with Gasteiger partial charge in [-0.15, -0.1) is 0 Å². The maximum Gasteiger partial charge on any atom is 0.174 e. The number of hydrogen-bond donors (Lipinski definition) is 0. The average Bonchev–Trinajstić information content (AvgIpc) is 2.43. The molecule has 1 aromatic rings. The van der Waals surface area contributed by atoms with Gasteiger partial charge >= 0.3 is 0 Å². The number of nitrogens with zero attached hydrogens (tertiary/aromatic N) is 2. The highest BCUT2D eigenvalue weighted by molar-refractivity contribution is 5.52. The first-order valence-corrected chi connectivity index (χ1v) is 7.58. The number of anilines is 1. The van der Waals surface area contributed by atoms with Crippen LogP contribution in [0.25, 0.3) is 0 Å². The van der Waals surface area contributed by atoms with Crippen molar-refractivity contribution in [2.24, 2.45) is 5.41 Å². The van der Waals surface area contributed by atoms with Crippen molar-refractivity contribution in [2.75, 3.05) is 24.6 Å². The van der Waals surface area contributed by atoms with E-state index in [4.69, 9.17) is 10.00 Å². The summed E-state index contributed by atoms with van der Waals surface area (Å²) in [5.41, 5.74) is 1.80. The van der Waals surface area contributed by atoms with Gasteiger partial charge in [0.05, 0.1) is 0 Å². The number of hydrogen-bond acceptors (Lipinski definition) is 3. The Morgan fingerprint density at radius 2 is 1.75 bits per heavy atom. The summed E-state index contributed by atoms with van der Waals surface area (Å²) >= 11 is 0. The van der Waals surface area contributed by atoms with Crippen LogP contribution in [0.4, 0.5) is 5.69 Å². The van der Waals surface area contributed by atoms with E-state index in [2.05, 4.69) is 30.9 Å². The number of benzene rings is 1. The lowest BCUT2D eigenvalue weighted by Crippen LogP contribution is -2.56. The molecule has 0 aliphatic carbocycles. The molecule has 1 fully saturated rings. The van der Waals surface area contributed by atoms with Crippen LogP contribution in [0.5, 0.6) is 5.75 Å². The molecule has 0 unspecified atom stereocenters. The van der Waals surface area contributed by atoms with Crippen LogP contribution in [0.3, 0.4) is 0 Å². The first-order valence-electron chi connectivity index (χ1n) is 7.58. The molecular weight excluding hydrogens is 248 g/mol. The van der Waals surface area contributed by atoms with Gasteiger partial charge in [-0.2, -0.15) is 5.26 Å². The zero-order valence-corrected chi connectivity index (χ0v) is 12.6. The first-order chi connectivity index (χ1) is 9.73. The van der Waals surface area contributed by atoms with Crippen molar-refractivity contribution in [3.8, 4) is 11.8 Å². The summed E-state index contributed by atoms with van der Waals surface area (Å²) in [7, 11) is 0. The van der Waals surface area contributed by atoms with Crippen molar-refractivity contribution in [1.82, 2.24) is 0 Å². The van der Waals surface area contributed by atoms with Gasteiger partial charge in [-0.1, -0.05) is 26.7 Å². The maximum absolute atomic E-state index is 8.49. The predicted molar refractivity (Wildman–Crippen MR) is 82.0 cm³/mol. The molecule has 3 nitrogen and oxygen atoms in total. The zero-order chi connectivity index (χ0) is 14.4. The Bertz CT molecular complexity index is 447. The quantitative estimate of drug-likeness (QED) is 0.753. The molecular formula is C17H24N2O. The fraction of sp³-hybridized carbons (Fsp3) is 0.588. The van der Waals surface area contributed by atoms with Crippen molar-refractivity contribution in [3.63, 3.8) is 0 Å². The number of nitriles is 1. The Morgan fingerprint density at radius 1 is 1.15 bits per heavy atom. The van der Waals surface area contributed by atoms with E-state index >= 15 is 0 Å². The van der Waals surface area contributed by atoms with Crippen LogP contribution in [-0.4, -0.2) is 19.7 Å². The lowest BCUT2D eigenvalue weighted by atomic mass is 9.72. The molecule has 1 saturated heterocycles. The second-order valence-electron chi connectivity index (χ2n) is 5.80. The summed E-state index contributed by atoms with van der Waals surface area (Å²) in [5.74, 6) is 0.768. The third kappa shape index (κ3) is 3.25. The standard InChI is InChI=1S/C17H24N2O/c1-3-9-17(10-4-2)13-19(14-17)15-5-7-16(8-6-15)20-12-11-18/h5-8H,3-4,9-10,12-14H2,1-2H3. The van der Waals surface area contributed by atoms with Crippen molar-refractivity contribution in [3.05, 3.63) is 24.3 Å². The monoisotopic (exact) mass is 272 g/mol. The van der Waals surface area contributed by atoms with E-state index in [1.165, 1.54) is 44.5 Å². The fourth-order valence-electron chi connectivity index (χ4n) is 3.32. The van der Waals surface area contributed by atoms with E-state index in [0.29, 0.717) is 5.41 Å².